The van der Waals surface area contributed by atoms with Gasteiger partial charge in [-0.05, 0) is 43.4 Å². The number of esters is 1. The number of halogens is 1. The second kappa shape index (κ2) is 5.92. The molecule has 118 valence electrons. The molecule has 22 heavy (non-hydrogen) atoms. The highest BCUT2D eigenvalue weighted by atomic mass is 35.5. The average Bonchev–Trinajstić information content (AvgIpc) is 3.36. The van der Waals surface area contributed by atoms with Crippen molar-refractivity contribution in [2.75, 3.05) is 20.2 Å². The molecule has 0 spiro atoms. The normalized spacial score (nSPS) is 20.5. The molecular weight excluding hydrogens is 302 g/mol. The smallest absolute Gasteiger partial charge is 0.308 e. The lowest BCUT2D eigenvalue weighted by Crippen LogP contribution is -2.45. The maximum absolute atomic E-state index is 12.9. The average molecular weight is 322 g/mol. The summed E-state index contributed by atoms with van der Waals surface area (Å²) in [5.74, 6) is -0.0381. The van der Waals surface area contributed by atoms with E-state index in [9.17, 15) is 9.59 Å². The van der Waals surface area contributed by atoms with Crippen LogP contribution in [-0.4, -0.2) is 37.0 Å². The van der Waals surface area contributed by atoms with Gasteiger partial charge < -0.3 is 9.64 Å². The summed E-state index contributed by atoms with van der Waals surface area (Å²) in [4.78, 5) is 26.4. The fraction of sp³-hybridized carbons (Fsp3) is 0.529. The number of amides is 1. The summed E-state index contributed by atoms with van der Waals surface area (Å²) in [6.45, 7) is 1.27. The van der Waals surface area contributed by atoms with Gasteiger partial charge >= 0.3 is 5.97 Å². The molecule has 2 aliphatic rings. The molecule has 1 heterocycles. The van der Waals surface area contributed by atoms with Crippen molar-refractivity contribution < 1.29 is 14.3 Å². The molecule has 4 nitrogen and oxygen atoms in total. The van der Waals surface area contributed by atoms with Crippen LogP contribution < -0.4 is 0 Å². The molecule has 1 aliphatic carbocycles. The molecule has 2 fully saturated rings. The molecule has 5 heteroatoms. The van der Waals surface area contributed by atoms with E-state index in [1.54, 1.807) is 0 Å². The number of carbonyl (C=O) groups is 2. The van der Waals surface area contributed by atoms with E-state index in [0.717, 1.165) is 18.4 Å². The van der Waals surface area contributed by atoms with E-state index in [-0.39, 0.29) is 23.2 Å². The van der Waals surface area contributed by atoms with Gasteiger partial charge in [0.15, 0.2) is 0 Å². The topological polar surface area (TPSA) is 46.6 Å². The number of rotatable bonds is 3. The Morgan fingerprint density at radius 2 is 1.77 bits per heavy atom. The van der Waals surface area contributed by atoms with Gasteiger partial charge in [0, 0.05) is 18.1 Å². The Morgan fingerprint density at radius 3 is 2.27 bits per heavy atom. The molecule has 0 atom stereocenters. The van der Waals surface area contributed by atoms with Gasteiger partial charge in [-0.3, -0.25) is 9.59 Å². The van der Waals surface area contributed by atoms with E-state index >= 15 is 0 Å². The molecule has 1 saturated carbocycles. The van der Waals surface area contributed by atoms with Crippen molar-refractivity contribution >= 4 is 23.5 Å². The number of hydrogen-bond donors (Lipinski definition) is 0. The van der Waals surface area contributed by atoms with Crippen molar-refractivity contribution in [3.8, 4) is 0 Å². The molecule has 0 bridgehead atoms. The van der Waals surface area contributed by atoms with E-state index in [2.05, 4.69) is 0 Å². The maximum Gasteiger partial charge on any atom is 0.308 e. The van der Waals surface area contributed by atoms with Crippen LogP contribution >= 0.6 is 11.6 Å². The molecule has 1 amide bonds. The van der Waals surface area contributed by atoms with Gasteiger partial charge in [-0.1, -0.05) is 23.7 Å². The first-order valence-corrected chi connectivity index (χ1v) is 8.08. The third kappa shape index (κ3) is 2.72. The molecule has 3 rings (SSSR count). The minimum Gasteiger partial charge on any atom is -0.469 e. The standard InChI is InChI=1S/C17H20ClNO3/c1-22-15(20)12-6-10-19(11-7-12)16(21)17(8-9-17)13-2-4-14(18)5-3-13/h2-5,12H,6-11H2,1H3. The maximum atomic E-state index is 12.9. The van der Waals surface area contributed by atoms with Gasteiger partial charge in [0.25, 0.3) is 0 Å². The summed E-state index contributed by atoms with van der Waals surface area (Å²) in [5, 5.41) is 0.686. The zero-order valence-corrected chi connectivity index (χ0v) is 13.4. The Balaban J connectivity index is 1.67. The zero-order chi connectivity index (χ0) is 15.7. The second-order valence-corrected chi connectivity index (χ2v) is 6.62. The van der Waals surface area contributed by atoms with Gasteiger partial charge in [0.1, 0.15) is 0 Å². The first kappa shape index (κ1) is 15.3. The summed E-state index contributed by atoms with van der Waals surface area (Å²) in [7, 11) is 1.42. The fourth-order valence-corrected chi connectivity index (χ4v) is 3.43. The van der Waals surface area contributed by atoms with E-state index in [1.165, 1.54) is 7.11 Å². The first-order valence-electron chi connectivity index (χ1n) is 7.70. The van der Waals surface area contributed by atoms with Gasteiger partial charge in [-0.25, -0.2) is 0 Å². The molecule has 0 N–H and O–H groups in total. The highest BCUT2D eigenvalue weighted by molar-refractivity contribution is 6.30. The summed E-state index contributed by atoms with van der Waals surface area (Å²) in [6, 6.07) is 7.59. The monoisotopic (exact) mass is 321 g/mol. The first-order chi connectivity index (χ1) is 10.6. The van der Waals surface area contributed by atoms with Crippen LogP contribution in [0.4, 0.5) is 0 Å². The van der Waals surface area contributed by atoms with Crippen LogP contribution in [0.2, 0.25) is 5.02 Å². The summed E-state index contributed by atoms with van der Waals surface area (Å²) < 4.78 is 4.79. The van der Waals surface area contributed by atoms with E-state index < -0.39 is 0 Å². The van der Waals surface area contributed by atoms with Crippen LogP contribution in [0.1, 0.15) is 31.2 Å². The van der Waals surface area contributed by atoms with Crippen LogP contribution in [0.25, 0.3) is 0 Å². The molecular formula is C17H20ClNO3. The molecule has 0 aromatic heterocycles. The van der Waals surface area contributed by atoms with Crippen molar-refractivity contribution in [2.24, 2.45) is 5.92 Å². The Bertz CT molecular complexity index is 572. The van der Waals surface area contributed by atoms with Crippen molar-refractivity contribution in [3.63, 3.8) is 0 Å². The predicted octanol–water partition coefficient (Wildman–Crippen LogP) is 2.78. The van der Waals surface area contributed by atoms with Crippen LogP contribution in [-0.2, 0) is 19.7 Å². The molecule has 1 aromatic carbocycles. The Kier molecular flexibility index (Phi) is 4.13. The molecule has 1 aromatic rings. The van der Waals surface area contributed by atoms with Gasteiger partial charge in [0.05, 0.1) is 18.4 Å². The molecule has 1 aliphatic heterocycles. The predicted molar refractivity (Wildman–Crippen MR) is 83.7 cm³/mol. The van der Waals surface area contributed by atoms with E-state index in [1.807, 2.05) is 29.2 Å². The number of methoxy groups -OCH3 is 1. The Labute approximate surface area is 135 Å². The number of benzene rings is 1. The van der Waals surface area contributed by atoms with Crippen molar-refractivity contribution in [1.29, 1.82) is 0 Å². The Morgan fingerprint density at radius 1 is 1.18 bits per heavy atom. The molecule has 0 radical (unpaired) electrons. The molecule has 0 unspecified atom stereocenters. The minimum atomic E-state index is -0.358. The largest absolute Gasteiger partial charge is 0.469 e. The summed E-state index contributed by atoms with van der Waals surface area (Å²) in [5.41, 5.74) is 0.694. The lowest BCUT2D eigenvalue weighted by molar-refractivity contribution is -0.149. The number of piperidine rings is 1. The highest BCUT2D eigenvalue weighted by Crippen LogP contribution is 2.50. The van der Waals surface area contributed by atoms with Crippen LogP contribution in [0.5, 0.6) is 0 Å². The van der Waals surface area contributed by atoms with E-state index in [4.69, 9.17) is 16.3 Å². The van der Waals surface area contributed by atoms with Crippen LogP contribution in [0.15, 0.2) is 24.3 Å². The van der Waals surface area contributed by atoms with Crippen LogP contribution in [0.3, 0.4) is 0 Å². The number of carbonyl (C=O) groups excluding carboxylic acids is 2. The molecule has 1 saturated heterocycles. The van der Waals surface area contributed by atoms with Gasteiger partial charge in [-0.2, -0.15) is 0 Å². The van der Waals surface area contributed by atoms with Crippen LogP contribution in [0, 0.1) is 5.92 Å². The van der Waals surface area contributed by atoms with Gasteiger partial charge in [0.2, 0.25) is 5.91 Å². The third-order valence-electron chi connectivity index (χ3n) is 4.87. The van der Waals surface area contributed by atoms with Crippen molar-refractivity contribution in [2.45, 2.75) is 31.1 Å². The lowest BCUT2D eigenvalue weighted by Gasteiger charge is -2.33. The quantitative estimate of drug-likeness (QED) is 0.804. The summed E-state index contributed by atoms with van der Waals surface area (Å²) in [6.07, 6.45) is 3.17. The van der Waals surface area contributed by atoms with E-state index in [0.29, 0.717) is 31.0 Å². The fourth-order valence-electron chi connectivity index (χ4n) is 3.31. The van der Waals surface area contributed by atoms with Crippen molar-refractivity contribution in [1.82, 2.24) is 4.90 Å². The number of nitrogens with zero attached hydrogens (tertiary/aromatic N) is 1. The minimum absolute atomic E-state index is 0.0697. The number of hydrogen-bond acceptors (Lipinski definition) is 3. The lowest BCUT2D eigenvalue weighted by atomic mass is 9.91. The Hall–Kier alpha value is -1.55. The highest BCUT2D eigenvalue weighted by Gasteiger charge is 2.53. The number of ether oxygens (including phenoxy) is 1. The third-order valence-corrected chi connectivity index (χ3v) is 5.12. The summed E-state index contributed by atoms with van der Waals surface area (Å²) >= 11 is 5.93. The SMILES string of the molecule is COC(=O)C1CCN(C(=O)C2(c3ccc(Cl)cc3)CC2)CC1. The van der Waals surface area contributed by atoms with Gasteiger partial charge in [-0.15, -0.1) is 0 Å². The second-order valence-electron chi connectivity index (χ2n) is 6.18. The van der Waals surface area contributed by atoms with Crippen molar-refractivity contribution in [3.05, 3.63) is 34.9 Å². The number of likely N-dealkylation sites (tertiary alicyclic amines) is 1. The zero-order valence-electron chi connectivity index (χ0n) is 12.7.